The van der Waals surface area contributed by atoms with Crippen LogP contribution in [0.3, 0.4) is 0 Å². The maximum Gasteiger partial charge on any atom is 0.416 e. The first kappa shape index (κ1) is 21.6. The van der Waals surface area contributed by atoms with E-state index in [1.165, 1.54) is 0 Å². The van der Waals surface area contributed by atoms with Crippen molar-refractivity contribution in [3.05, 3.63) is 58.6 Å². The summed E-state index contributed by atoms with van der Waals surface area (Å²) < 4.78 is 48.3. The van der Waals surface area contributed by atoms with E-state index in [1.807, 2.05) is 19.1 Å². The van der Waals surface area contributed by atoms with E-state index in [0.717, 1.165) is 17.7 Å². The standard InChI is InChI=1S/C19H17ClF3NO4/c1-12-3-2-4-14(9-12)27-8-7-18(26)28-11-17(25)24-16-10-13(19(21,22)23)5-6-15(16)20/h2-6,9-10H,7-8,11H2,1H3,(H,24,25). The number of amides is 1. The van der Waals surface area contributed by atoms with E-state index in [-0.39, 0.29) is 23.7 Å². The van der Waals surface area contributed by atoms with E-state index < -0.39 is 30.2 Å². The molecule has 150 valence electrons. The van der Waals surface area contributed by atoms with Crippen LogP contribution in [0.4, 0.5) is 18.9 Å². The zero-order valence-electron chi connectivity index (χ0n) is 14.8. The number of rotatable bonds is 7. The molecule has 28 heavy (non-hydrogen) atoms. The molecule has 0 aromatic heterocycles. The van der Waals surface area contributed by atoms with Crippen molar-refractivity contribution in [2.45, 2.75) is 19.5 Å². The Balaban J connectivity index is 1.78. The topological polar surface area (TPSA) is 64.6 Å². The van der Waals surface area contributed by atoms with Gasteiger partial charge in [-0.05, 0) is 42.8 Å². The number of carbonyl (C=O) groups excluding carboxylic acids is 2. The second-order valence-corrected chi connectivity index (χ2v) is 6.22. The van der Waals surface area contributed by atoms with Gasteiger partial charge in [0.05, 0.1) is 29.3 Å². The molecule has 0 fully saturated rings. The molecule has 0 unspecified atom stereocenters. The summed E-state index contributed by atoms with van der Waals surface area (Å²) in [4.78, 5) is 23.5. The van der Waals surface area contributed by atoms with E-state index in [9.17, 15) is 22.8 Å². The number of benzene rings is 2. The van der Waals surface area contributed by atoms with Crippen molar-refractivity contribution >= 4 is 29.2 Å². The van der Waals surface area contributed by atoms with Crippen molar-refractivity contribution in [1.29, 1.82) is 0 Å². The molecule has 2 aromatic rings. The van der Waals surface area contributed by atoms with Gasteiger partial charge in [0.1, 0.15) is 5.75 Å². The number of halogens is 4. The molecular weight excluding hydrogens is 399 g/mol. The van der Waals surface area contributed by atoms with Gasteiger partial charge in [-0.25, -0.2) is 0 Å². The number of carbonyl (C=O) groups is 2. The first-order valence-electron chi connectivity index (χ1n) is 8.17. The van der Waals surface area contributed by atoms with Gasteiger partial charge in [-0.15, -0.1) is 0 Å². The quantitative estimate of drug-likeness (QED) is 0.670. The van der Waals surface area contributed by atoms with Gasteiger partial charge in [-0.2, -0.15) is 13.2 Å². The second kappa shape index (κ2) is 9.45. The zero-order valence-corrected chi connectivity index (χ0v) is 15.6. The maximum absolute atomic E-state index is 12.7. The number of esters is 1. The average molecular weight is 416 g/mol. The SMILES string of the molecule is Cc1cccc(OCCC(=O)OCC(=O)Nc2cc(C(F)(F)F)ccc2Cl)c1. The lowest BCUT2D eigenvalue weighted by atomic mass is 10.2. The van der Waals surface area contributed by atoms with Gasteiger partial charge >= 0.3 is 12.1 Å². The van der Waals surface area contributed by atoms with Gasteiger partial charge in [-0.1, -0.05) is 23.7 Å². The summed E-state index contributed by atoms with van der Waals surface area (Å²) in [5, 5.41) is 2.12. The van der Waals surface area contributed by atoms with E-state index in [4.69, 9.17) is 21.1 Å². The van der Waals surface area contributed by atoms with Crippen LogP contribution in [-0.2, 0) is 20.5 Å². The highest BCUT2D eigenvalue weighted by molar-refractivity contribution is 6.33. The normalized spacial score (nSPS) is 11.0. The highest BCUT2D eigenvalue weighted by Gasteiger charge is 2.31. The summed E-state index contributed by atoms with van der Waals surface area (Å²) in [6.45, 7) is 1.30. The minimum atomic E-state index is -4.58. The number of hydrogen-bond acceptors (Lipinski definition) is 4. The third kappa shape index (κ3) is 6.77. The van der Waals surface area contributed by atoms with E-state index in [0.29, 0.717) is 11.8 Å². The van der Waals surface area contributed by atoms with Crippen LogP contribution in [0.2, 0.25) is 5.02 Å². The Bertz CT molecular complexity index is 855. The number of anilines is 1. The van der Waals surface area contributed by atoms with Crippen LogP contribution in [0.5, 0.6) is 5.75 Å². The molecule has 1 N–H and O–H groups in total. The van der Waals surface area contributed by atoms with E-state index in [1.54, 1.807) is 12.1 Å². The molecule has 9 heteroatoms. The number of ether oxygens (including phenoxy) is 2. The fourth-order valence-corrected chi connectivity index (χ4v) is 2.32. The molecule has 0 aliphatic carbocycles. The molecule has 2 rings (SSSR count). The largest absolute Gasteiger partial charge is 0.493 e. The Kier molecular flexibility index (Phi) is 7.28. The van der Waals surface area contributed by atoms with E-state index >= 15 is 0 Å². The smallest absolute Gasteiger partial charge is 0.416 e. The van der Waals surface area contributed by atoms with Crippen LogP contribution < -0.4 is 10.1 Å². The first-order valence-corrected chi connectivity index (χ1v) is 8.54. The van der Waals surface area contributed by atoms with Gasteiger partial charge in [0.15, 0.2) is 6.61 Å². The highest BCUT2D eigenvalue weighted by Crippen LogP contribution is 2.33. The Labute approximate surface area is 164 Å². The van der Waals surface area contributed by atoms with Gasteiger partial charge in [0.2, 0.25) is 0 Å². The first-order chi connectivity index (χ1) is 13.1. The predicted octanol–water partition coefficient (Wildman–Crippen LogP) is 4.62. The molecule has 0 aliphatic heterocycles. The second-order valence-electron chi connectivity index (χ2n) is 5.82. The molecule has 0 aliphatic rings. The lowest BCUT2D eigenvalue weighted by molar-refractivity contribution is -0.147. The van der Waals surface area contributed by atoms with Gasteiger partial charge in [0, 0.05) is 0 Å². The van der Waals surface area contributed by atoms with Crippen molar-refractivity contribution in [3.8, 4) is 5.75 Å². The minimum absolute atomic E-state index is 0.0589. The number of nitrogens with one attached hydrogen (secondary N) is 1. The summed E-state index contributed by atoms with van der Waals surface area (Å²) in [6, 6.07) is 9.78. The summed E-state index contributed by atoms with van der Waals surface area (Å²) in [5.41, 5.74) is -0.178. The third-order valence-electron chi connectivity index (χ3n) is 3.50. The molecule has 1 amide bonds. The van der Waals surface area contributed by atoms with Crippen LogP contribution in [-0.4, -0.2) is 25.1 Å². The van der Waals surface area contributed by atoms with Crippen LogP contribution in [0, 0.1) is 6.92 Å². The van der Waals surface area contributed by atoms with Crippen molar-refractivity contribution in [2.24, 2.45) is 0 Å². The van der Waals surface area contributed by atoms with Crippen molar-refractivity contribution < 1.29 is 32.2 Å². The fourth-order valence-electron chi connectivity index (χ4n) is 2.16. The van der Waals surface area contributed by atoms with Crippen LogP contribution in [0.1, 0.15) is 17.5 Å². The van der Waals surface area contributed by atoms with Crippen LogP contribution >= 0.6 is 11.6 Å². The average Bonchev–Trinajstić information content (AvgIpc) is 2.61. The molecule has 0 saturated heterocycles. The molecule has 0 atom stereocenters. The molecule has 0 radical (unpaired) electrons. The van der Waals surface area contributed by atoms with Crippen molar-refractivity contribution in [2.75, 3.05) is 18.5 Å². The monoisotopic (exact) mass is 415 g/mol. The fraction of sp³-hybridized carbons (Fsp3) is 0.263. The van der Waals surface area contributed by atoms with Crippen LogP contribution in [0.25, 0.3) is 0 Å². The van der Waals surface area contributed by atoms with Gasteiger partial charge in [0.25, 0.3) is 5.91 Å². The summed E-state index contributed by atoms with van der Waals surface area (Å²) in [5.74, 6) is -0.892. The molecule has 0 saturated carbocycles. The van der Waals surface area contributed by atoms with Crippen molar-refractivity contribution in [3.63, 3.8) is 0 Å². The molecule has 5 nitrogen and oxygen atoms in total. The number of alkyl halides is 3. The molecular formula is C19H17ClF3NO4. The van der Waals surface area contributed by atoms with Crippen molar-refractivity contribution in [1.82, 2.24) is 0 Å². The number of aryl methyl sites for hydroxylation is 1. The Morgan fingerprint density at radius 2 is 1.89 bits per heavy atom. The molecule has 0 bridgehead atoms. The predicted molar refractivity (Wildman–Crippen MR) is 97.3 cm³/mol. The Hall–Kier alpha value is -2.74. The molecule has 2 aromatic carbocycles. The van der Waals surface area contributed by atoms with Crippen LogP contribution in [0.15, 0.2) is 42.5 Å². The summed E-state index contributed by atoms with van der Waals surface area (Å²) >= 11 is 5.78. The summed E-state index contributed by atoms with van der Waals surface area (Å²) in [7, 11) is 0. The minimum Gasteiger partial charge on any atom is -0.493 e. The van der Waals surface area contributed by atoms with Gasteiger partial charge < -0.3 is 14.8 Å². The molecule has 0 spiro atoms. The maximum atomic E-state index is 12.7. The Morgan fingerprint density at radius 3 is 2.57 bits per heavy atom. The van der Waals surface area contributed by atoms with Gasteiger partial charge in [-0.3, -0.25) is 9.59 Å². The zero-order chi connectivity index (χ0) is 20.7. The lowest BCUT2D eigenvalue weighted by Crippen LogP contribution is -2.22. The molecule has 0 heterocycles. The summed E-state index contributed by atoms with van der Waals surface area (Å²) in [6.07, 6.45) is -4.67. The number of hydrogen-bond donors (Lipinski definition) is 1. The van der Waals surface area contributed by atoms with E-state index in [2.05, 4.69) is 5.32 Å². The Morgan fingerprint density at radius 1 is 1.14 bits per heavy atom. The highest BCUT2D eigenvalue weighted by atomic mass is 35.5. The third-order valence-corrected chi connectivity index (χ3v) is 3.83. The lowest BCUT2D eigenvalue weighted by Gasteiger charge is -2.12.